The van der Waals surface area contributed by atoms with Crippen LogP contribution in [-0.4, -0.2) is 11.6 Å². The lowest BCUT2D eigenvalue weighted by atomic mass is 9.84. The largest absolute Gasteiger partial charge is 0.289 e. The minimum absolute atomic E-state index is 0.164. The van der Waals surface area contributed by atoms with Crippen LogP contribution in [-0.2, 0) is 0 Å². The highest BCUT2D eigenvalue weighted by molar-refractivity contribution is 9.10. The van der Waals surface area contributed by atoms with Crippen LogP contribution in [0.3, 0.4) is 0 Å². The highest BCUT2D eigenvalue weighted by Gasteiger charge is 2.32. The fourth-order valence-corrected chi connectivity index (χ4v) is 2.96. The number of halogens is 2. The van der Waals surface area contributed by atoms with E-state index in [1.807, 2.05) is 0 Å². The molecule has 18 heavy (non-hydrogen) atoms. The van der Waals surface area contributed by atoms with Crippen molar-refractivity contribution in [3.63, 3.8) is 0 Å². The molecule has 0 aliphatic heterocycles. The zero-order valence-corrected chi connectivity index (χ0v) is 11.4. The van der Waals surface area contributed by atoms with Crippen molar-refractivity contribution in [2.24, 2.45) is 0 Å². The minimum atomic E-state index is -0.210. The Hall–Kier alpha value is -1.45. The first-order valence-corrected chi connectivity index (χ1v) is 6.45. The monoisotopic (exact) mass is 320 g/mol. The first-order valence-electron chi connectivity index (χ1n) is 5.27. The molecule has 2 aromatic rings. The molecule has 0 radical (unpaired) electrons. The molecule has 0 spiro atoms. The third-order valence-corrected chi connectivity index (χ3v) is 3.95. The number of benzene rings is 2. The van der Waals surface area contributed by atoms with Gasteiger partial charge >= 0.3 is 0 Å². The first-order chi connectivity index (χ1) is 8.61. The van der Waals surface area contributed by atoms with E-state index in [4.69, 9.17) is 11.6 Å². The third kappa shape index (κ3) is 1.48. The average molecular weight is 322 g/mol. The normalized spacial score (nSPS) is 13.2. The van der Waals surface area contributed by atoms with E-state index in [2.05, 4.69) is 15.9 Å². The van der Waals surface area contributed by atoms with Crippen LogP contribution in [0.25, 0.3) is 0 Å². The van der Waals surface area contributed by atoms with E-state index in [0.29, 0.717) is 31.7 Å². The number of hydrogen-bond donors (Lipinski definition) is 0. The summed E-state index contributed by atoms with van der Waals surface area (Å²) in [7, 11) is 0. The van der Waals surface area contributed by atoms with Crippen molar-refractivity contribution in [2.45, 2.75) is 0 Å². The van der Waals surface area contributed by atoms with Crippen molar-refractivity contribution in [1.82, 2.24) is 0 Å². The molecule has 2 nitrogen and oxygen atoms in total. The van der Waals surface area contributed by atoms with E-state index >= 15 is 0 Å². The van der Waals surface area contributed by atoms with Gasteiger partial charge in [-0.3, -0.25) is 9.59 Å². The second kappa shape index (κ2) is 4.04. The van der Waals surface area contributed by atoms with Gasteiger partial charge in [0.25, 0.3) is 0 Å². The van der Waals surface area contributed by atoms with Crippen molar-refractivity contribution in [3.05, 3.63) is 68.1 Å². The van der Waals surface area contributed by atoms with Gasteiger partial charge in [0.2, 0.25) is 0 Å². The van der Waals surface area contributed by atoms with Crippen molar-refractivity contribution in [3.8, 4) is 0 Å². The Balaban J connectivity index is 2.40. The first kappa shape index (κ1) is 11.6. The van der Waals surface area contributed by atoms with Gasteiger partial charge in [0.1, 0.15) is 0 Å². The van der Waals surface area contributed by atoms with Gasteiger partial charge in [-0.2, -0.15) is 0 Å². The van der Waals surface area contributed by atoms with E-state index in [1.165, 1.54) is 0 Å². The van der Waals surface area contributed by atoms with Crippen molar-refractivity contribution in [1.29, 1.82) is 0 Å². The number of fused-ring (bicyclic) bond motifs is 2. The lowest BCUT2D eigenvalue weighted by molar-refractivity contribution is 0.0978. The summed E-state index contributed by atoms with van der Waals surface area (Å²) in [6.07, 6.45) is 0. The molecule has 0 unspecified atom stereocenters. The molecule has 0 saturated heterocycles. The summed E-state index contributed by atoms with van der Waals surface area (Å²) >= 11 is 9.34. The maximum absolute atomic E-state index is 12.4. The average Bonchev–Trinajstić information content (AvgIpc) is 2.35. The predicted octanol–water partition coefficient (Wildman–Crippen LogP) is 3.88. The Bertz CT molecular complexity index is 649. The number of hydrogen-bond acceptors (Lipinski definition) is 2. The summed E-state index contributed by atoms with van der Waals surface area (Å²) in [5.74, 6) is -0.374. The standard InChI is InChI=1S/C14H6BrClO2/c15-9-5-1-3-7-11(9)14(18)12-8(13(7)17)4-2-6-10(12)16/h1-6H. The molecule has 3 rings (SSSR count). The van der Waals surface area contributed by atoms with E-state index in [-0.39, 0.29) is 11.6 Å². The van der Waals surface area contributed by atoms with Crippen molar-refractivity contribution in [2.75, 3.05) is 0 Å². The molecule has 0 saturated carbocycles. The van der Waals surface area contributed by atoms with Crippen LogP contribution in [0.4, 0.5) is 0 Å². The Kier molecular flexibility index (Phi) is 2.61. The third-order valence-electron chi connectivity index (χ3n) is 2.97. The van der Waals surface area contributed by atoms with Crippen LogP contribution in [0.1, 0.15) is 31.8 Å². The summed E-state index contributed by atoms with van der Waals surface area (Å²) in [5.41, 5.74) is 1.48. The van der Waals surface area contributed by atoms with Crippen molar-refractivity contribution >= 4 is 39.1 Å². The maximum atomic E-state index is 12.4. The quantitative estimate of drug-likeness (QED) is 0.630. The molecule has 0 N–H and O–H groups in total. The highest BCUT2D eigenvalue weighted by atomic mass is 79.9. The Morgan fingerprint density at radius 3 is 2.17 bits per heavy atom. The molecule has 0 aromatic heterocycles. The van der Waals surface area contributed by atoms with E-state index < -0.39 is 0 Å². The van der Waals surface area contributed by atoms with Gasteiger partial charge in [-0.25, -0.2) is 0 Å². The zero-order chi connectivity index (χ0) is 12.9. The van der Waals surface area contributed by atoms with Gasteiger partial charge in [-0.15, -0.1) is 0 Å². The Labute approximate surface area is 117 Å². The molecule has 0 amide bonds. The summed E-state index contributed by atoms with van der Waals surface area (Å²) in [4.78, 5) is 24.8. The molecule has 1 aliphatic rings. The fraction of sp³-hybridized carbons (Fsp3) is 0. The SMILES string of the molecule is O=C1c2cccc(Cl)c2C(=O)c2c(Br)cccc21. The van der Waals surface area contributed by atoms with Crippen LogP contribution < -0.4 is 0 Å². The summed E-state index contributed by atoms with van der Waals surface area (Å²) < 4.78 is 0.615. The highest BCUT2D eigenvalue weighted by Crippen LogP contribution is 2.34. The lowest BCUT2D eigenvalue weighted by Crippen LogP contribution is -2.21. The van der Waals surface area contributed by atoms with Crippen LogP contribution in [0.2, 0.25) is 5.02 Å². The fourth-order valence-electron chi connectivity index (χ4n) is 2.16. The van der Waals surface area contributed by atoms with Gasteiger partial charge in [-0.05, 0) is 12.1 Å². The molecule has 88 valence electrons. The van der Waals surface area contributed by atoms with Crippen LogP contribution >= 0.6 is 27.5 Å². The lowest BCUT2D eigenvalue weighted by Gasteiger charge is -2.19. The van der Waals surface area contributed by atoms with E-state index in [9.17, 15) is 9.59 Å². The number of rotatable bonds is 0. The second-order valence-corrected chi connectivity index (χ2v) is 5.24. The molecule has 0 heterocycles. The molecule has 1 aliphatic carbocycles. The van der Waals surface area contributed by atoms with Gasteiger partial charge in [-0.1, -0.05) is 51.8 Å². The van der Waals surface area contributed by atoms with Gasteiger partial charge in [0.05, 0.1) is 10.6 Å². The van der Waals surface area contributed by atoms with Crippen LogP contribution in [0.5, 0.6) is 0 Å². The van der Waals surface area contributed by atoms with Crippen LogP contribution in [0.15, 0.2) is 40.9 Å². The van der Waals surface area contributed by atoms with Gasteiger partial charge < -0.3 is 0 Å². The number of carbonyl (C=O) groups excluding carboxylic acids is 2. The van der Waals surface area contributed by atoms with Gasteiger partial charge in [0.15, 0.2) is 11.6 Å². The topological polar surface area (TPSA) is 34.1 Å². The van der Waals surface area contributed by atoms with Gasteiger partial charge in [0, 0.05) is 21.2 Å². The molecule has 0 fully saturated rings. The minimum Gasteiger partial charge on any atom is -0.289 e. The number of carbonyl (C=O) groups is 2. The molecular weight excluding hydrogens is 316 g/mol. The zero-order valence-electron chi connectivity index (χ0n) is 9.04. The second-order valence-electron chi connectivity index (χ2n) is 3.98. The molecule has 2 aromatic carbocycles. The summed E-state index contributed by atoms with van der Waals surface area (Å²) in [6.45, 7) is 0. The van der Waals surface area contributed by atoms with E-state index in [0.717, 1.165) is 0 Å². The number of ketones is 2. The summed E-state index contributed by atoms with van der Waals surface area (Å²) in [6, 6.07) is 10.1. The smallest absolute Gasteiger partial charge is 0.197 e. The molecular formula is C14H6BrClO2. The molecule has 0 atom stereocenters. The van der Waals surface area contributed by atoms with Crippen LogP contribution in [0, 0.1) is 0 Å². The maximum Gasteiger partial charge on any atom is 0.197 e. The predicted molar refractivity (Wildman–Crippen MR) is 72.5 cm³/mol. The molecule has 4 heteroatoms. The van der Waals surface area contributed by atoms with Crippen molar-refractivity contribution < 1.29 is 9.59 Å². The molecule has 0 bridgehead atoms. The Morgan fingerprint density at radius 1 is 0.833 bits per heavy atom. The van der Waals surface area contributed by atoms with E-state index in [1.54, 1.807) is 36.4 Å². The summed E-state index contributed by atoms with van der Waals surface area (Å²) in [5, 5.41) is 0.312. The Morgan fingerprint density at radius 2 is 1.44 bits per heavy atom.